The molecule has 96 valence electrons. The van der Waals surface area contributed by atoms with Crippen molar-refractivity contribution in [3.05, 3.63) is 0 Å². The molecule has 0 saturated heterocycles. The third-order valence-electron chi connectivity index (χ3n) is 1.42. The molecule has 0 aliphatic carbocycles. The van der Waals surface area contributed by atoms with Gasteiger partial charge in [-0.05, 0) is 13.8 Å². The van der Waals surface area contributed by atoms with Crippen molar-refractivity contribution >= 4 is 5.91 Å². The molecule has 7 heteroatoms. The largest absolute Gasteiger partial charge is 0.411 e. The summed E-state index contributed by atoms with van der Waals surface area (Å²) in [5.41, 5.74) is 0. The number of rotatable bonds is 7. The van der Waals surface area contributed by atoms with Crippen molar-refractivity contribution in [1.82, 2.24) is 10.6 Å². The first-order valence-corrected chi connectivity index (χ1v) is 4.96. The lowest BCUT2D eigenvalue weighted by atomic mass is 10.4. The predicted molar refractivity (Wildman–Crippen MR) is 53.0 cm³/mol. The second-order valence-corrected chi connectivity index (χ2v) is 3.57. The molecule has 0 rings (SSSR count). The zero-order valence-corrected chi connectivity index (χ0v) is 9.36. The lowest BCUT2D eigenvalue weighted by Crippen LogP contribution is -2.38. The molecular formula is C9H17F3N2O2. The van der Waals surface area contributed by atoms with Crippen molar-refractivity contribution in [1.29, 1.82) is 0 Å². The van der Waals surface area contributed by atoms with E-state index in [1.165, 1.54) is 0 Å². The van der Waals surface area contributed by atoms with Crippen LogP contribution in [0.25, 0.3) is 0 Å². The molecule has 0 radical (unpaired) electrons. The first-order valence-electron chi connectivity index (χ1n) is 4.96. The normalized spacial score (nSPS) is 11.9. The fourth-order valence-electron chi connectivity index (χ4n) is 0.907. The predicted octanol–water partition coefficient (Wildman–Crippen LogP) is 0.679. The van der Waals surface area contributed by atoms with Gasteiger partial charge in [0.25, 0.3) is 0 Å². The Morgan fingerprint density at radius 3 is 2.50 bits per heavy atom. The number of nitrogens with one attached hydrogen (secondary N) is 2. The van der Waals surface area contributed by atoms with Crippen LogP contribution in [0, 0.1) is 0 Å². The van der Waals surface area contributed by atoms with Gasteiger partial charge in [0.1, 0.15) is 6.61 Å². The maximum absolute atomic E-state index is 11.6. The van der Waals surface area contributed by atoms with Crippen LogP contribution in [0.4, 0.5) is 13.2 Å². The second kappa shape index (κ2) is 7.45. The first-order chi connectivity index (χ1) is 7.31. The maximum Gasteiger partial charge on any atom is 0.411 e. The zero-order chi connectivity index (χ0) is 12.6. The summed E-state index contributed by atoms with van der Waals surface area (Å²) >= 11 is 0. The van der Waals surface area contributed by atoms with Gasteiger partial charge in [0, 0.05) is 12.6 Å². The van der Waals surface area contributed by atoms with Gasteiger partial charge in [0.15, 0.2) is 0 Å². The summed E-state index contributed by atoms with van der Waals surface area (Å²) in [7, 11) is 0. The Hall–Kier alpha value is -0.820. The Kier molecular flexibility index (Phi) is 7.07. The summed E-state index contributed by atoms with van der Waals surface area (Å²) in [5, 5.41) is 5.31. The van der Waals surface area contributed by atoms with E-state index in [1.54, 1.807) is 0 Å². The van der Waals surface area contributed by atoms with Crippen LogP contribution in [0.1, 0.15) is 13.8 Å². The van der Waals surface area contributed by atoms with Gasteiger partial charge in [-0.1, -0.05) is 0 Å². The van der Waals surface area contributed by atoms with E-state index in [0.717, 1.165) is 0 Å². The quantitative estimate of drug-likeness (QED) is 0.645. The standard InChI is InChI=1S/C9H17F3N2O2/c1-7(2)14-8(15)5-13-3-4-16-6-9(10,11)12/h7,13H,3-6H2,1-2H3,(H,14,15). The van der Waals surface area contributed by atoms with Gasteiger partial charge < -0.3 is 15.4 Å². The highest BCUT2D eigenvalue weighted by atomic mass is 19.4. The van der Waals surface area contributed by atoms with Crippen molar-refractivity contribution < 1.29 is 22.7 Å². The molecule has 0 atom stereocenters. The van der Waals surface area contributed by atoms with Crippen molar-refractivity contribution in [2.45, 2.75) is 26.1 Å². The van der Waals surface area contributed by atoms with Gasteiger partial charge in [-0.3, -0.25) is 4.79 Å². The number of halogens is 3. The molecule has 0 fully saturated rings. The Balaban J connectivity index is 3.31. The van der Waals surface area contributed by atoms with Crippen molar-refractivity contribution in [3.63, 3.8) is 0 Å². The number of ether oxygens (including phenoxy) is 1. The Morgan fingerprint density at radius 1 is 1.38 bits per heavy atom. The second-order valence-electron chi connectivity index (χ2n) is 3.57. The molecule has 4 nitrogen and oxygen atoms in total. The van der Waals surface area contributed by atoms with E-state index in [-0.39, 0.29) is 31.6 Å². The molecule has 0 unspecified atom stereocenters. The van der Waals surface area contributed by atoms with Crippen LogP contribution >= 0.6 is 0 Å². The summed E-state index contributed by atoms with van der Waals surface area (Å²) in [4.78, 5) is 11.1. The monoisotopic (exact) mass is 242 g/mol. The lowest BCUT2D eigenvalue weighted by molar-refractivity contribution is -0.173. The van der Waals surface area contributed by atoms with Crippen LogP contribution in [0.3, 0.4) is 0 Å². The molecule has 0 aromatic rings. The molecule has 0 spiro atoms. The summed E-state index contributed by atoms with van der Waals surface area (Å²) in [6.07, 6.45) is -4.30. The molecular weight excluding hydrogens is 225 g/mol. The number of hydrogen-bond donors (Lipinski definition) is 2. The smallest absolute Gasteiger partial charge is 0.371 e. The summed E-state index contributed by atoms with van der Waals surface area (Å²) in [6, 6.07) is 0.0516. The minimum absolute atomic E-state index is 0.0516. The van der Waals surface area contributed by atoms with E-state index in [2.05, 4.69) is 15.4 Å². The molecule has 16 heavy (non-hydrogen) atoms. The topological polar surface area (TPSA) is 50.4 Å². The molecule has 0 aliphatic heterocycles. The first kappa shape index (κ1) is 15.2. The van der Waals surface area contributed by atoms with E-state index >= 15 is 0 Å². The molecule has 0 heterocycles. The van der Waals surface area contributed by atoms with Crippen molar-refractivity contribution in [3.8, 4) is 0 Å². The van der Waals surface area contributed by atoms with Gasteiger partial charge in [0.2, 0.25) is 5.91 Å². The third-order valence-corrected chi connectivity index (χ3v) is 1.42. The van der Waals surface area contributed by atoms with Gasteiger partial charge in [-0.25, -0.2) is 0 Å². The van der Waals surface area contributed by atoms with Crippen LogP contribution in [-0.2, 0) is 9.53 Å². The highest BCUT2D eigenvalue weighted by molar-refractivity contribution is 5.78. The van der Waals surface area contributed by atoms with Crippen LogP contribution in [0.5, 0.6) is 0 Å². The lowest BCUT2D eigenvalue weighted by Gasteiger charge is -2.10. The van der Waals surface area contributed by atoms with E-state index in [1.807, 2.05) is 13.8 Å². The molecule has 1 amide bonds. The Bertz CT molecular complexity index is 207. The van der Waals surface area contributed by atoms with Crippen LogP contribution in [0.2, 0.25) is 0 Å². The van der Waals surface area contributed by atoms with Gasteiger partial charge in [0.05, 0.1) is 13.2 Å². The molecule has 2 N–H and O–H groups in total. The molecule has 0 bridgehead atoms. The van der Waals surface area contributed by atoms with Crippen LogP contribution < -0.4 is 10.6 Å². The number of alkyl halides is 3. The van der Waals surface area contributed by atoms with Crippen molar-refractivity contribution in [2.75, 3.05) is 26.3 Å². The maximum atomic E-state index is 11.6. The fraction of sp³-hybridized carbons (Fsp3) is 0.889. The van der Waals surface area contributed by atoms with Gasteiger partial charge in [-0.2, -0.15) is 13.2 Å². The highest BCUT2D eigenvalue weighted by Gasteiger charge is 2.27. The number of carbonyl (C=O) groups is 1. The van der Waals surface area contributed by atoms with E-state index in [9.17, 15) is 18.0 Å². The van der Waals surface area contributed by atoms with Crippen molar-refractivity contribution in [2.24, 2.45) is 0 Å². The number of amides is 1. The van der Waals surface area contributed by atoms with E-state index in [4.69, 9.17) is 0 Å². The Labute approximate surface area is 92.5 Å². The molecule has 0 saturated carbocycles. The SMILES string of the molecule is CC(C)NC(=O)CNCCOCC(F)(F)F. The average molecular weight is 242 g/mol. The highest BCUT2D eigenvalue weighted by Crippen LogP contribution is 2.13. The number of carbonyl (C=O) groups excluding carboxylic acids is 1. The van der Waals surface area contributed by atoms with E-state index in [0.29, 0.717) is 0 Å². The number of hydrogen-bond acceptors (Lipinski definition) is 3. The molecule has 0 aromatic heterocycles. The summed E-state index contributed by atoms with van der Waals surface area (Å²) in [5.74, 6) is -0.189. The fourth-order valence-corrected chi connectivity index (χ4v) is 0.907. The Morgan fingerprint density at radius 2 is 2.00 bits per heavy atom. The van der Waals surface area contributed by atoms with Crippen LogP contribution in [0.15, 0.2) is 0 Å². The third kappa shape index (κ3) is 11.3. The van der Waals surface area contributed by atoms with E-state index < -0.39 is 12.8 Å². The van der Waals surface area contributed by atoms with Gasteiger partial charge in [-0.15, -0.1) is 0 Å². The molecule has 0 aliphatic rings. The summed E-state index contributed by atoms with van der Waals surface area (Å²) < 4.78 is 39.2. The van der Waals surface area contributed by atoms with Gasteiger partial charge >= 0.3 is 6.18 Å². The zero-order valence-electron chi connectivity index (χ0n) is 9.36. The molecule has 0 aromatic carbocycles. The minimum Gasteiger partial charge on any atom is -0.371 e. The minimum atomic E-state index is -4.30. The average Bonchev–Trinajstić information content (AvgIpc) is 2.07. The summed E-state index contributed by atoms with van der Waals surface area (Å²) in [6.45, 7) is 2.60. The van der Waals surface area contributed by atoms with Crippen LogP contribution in [-0.4, -0.2) is 44.4 Å².